The average Bonchev–Trinajstić information content (AvgIpc) is 3.08. The Balaban J connectivity index is 1.52. The fourth-order valence-corrected chi connectivity index (χ4v) is 2.38. The fourth-order valence-electron chi connectivity index (χ4n) is 2.38. The molecule has 0 atom stereocenters. The van der Waals surface area contributed by atoms with Gasteiger partial charge in [-0.25, -0.2) is 4.98 Å². The Morgan fingerprint density at radius 1 is 1.14 bits per heavy atom. The molecular formula is C21H20N2O5. The van der Waals surface area contributed by atoms with Crippen LogP contribution in [0.2, 0.25) is 0 Å². The van der Waals surface area contributed by atoms with Crippen LogP contribution in [0.25, 0.3) is 11.5 Å². The second kappa shape index (κ2) is 9.36. The Kier molecular flexibility index (Phi) is 6.41. The zero-order valence-corrected chi connectivity index (χ0v) is 15.4. The van der Waals surface area contributed by atoms with Crippen LogP contribution in [0.4, 0.5) is 0 Å². The van der Waals surface area contributed by atoms with Gasteiger partial charge in [0.2, 0.25) is 5.89 Å². The van der Waals surface area contributed by atoms with Crippen LogP contribution in [-0.2, 0) is 22.8 Å². The van der Waals surface area contributed by atoms with E-state index in [0.29, 0.717) is 18.2 Å². The quantitative estimate of drug-likeness (QED) is 0.441. The van der Waals surface area contributed by atoms with Crippen molar-refractivity contribution in [1.29, 1.82) is 0 Å². The number of aromatic nitrogens is 1. The second-order valence-corrected chi connectivity index (χ2v) is 5.98. The molecular weight excluding hydrogens is 360 g/mol. The first-order valence-electron chi connectivity index (χ1n) is 8.71. The number of hydrogen-bond donors (Lipinski definition) is 1. The van der Waals surface area contributed by atoms with Crippen LogP contribution in [0.1, 0.15) is 23.4 Å². The van der Waals surface area contributed by atoms with Gasteiger partial charge in [0.1, 0.15) is 30.4 Å². The van der Waals surface area contributed by atoms with Crippen LogP contribution in [0, 0.1) is 6.92 Å². The smallest absolute Gasteiger partial charge is 0.308 e. The van der Waals surface area contributed by atoms with E-state index >= 15 is 0 Å². The van der Waals surface area contributed by atoms with Crippen molar-refractivity contribution >= 4 is 12.2 Å². The zero-order chi connectivity index (χ0) is 19.8. The van der Waals surface area contributed by atoms with Crippen molar-refractivity contribution < 1.29 is 23.9 Å². The first-order chi connectivity index (χ1) is 13.6. The van der Waals surface area contributed by atoms with Crippen LogP contribution in [0.3, 0.4) is 0 Å². The molecule has 3 aromatic rings. The Morgan fingerprint density at radius 2 is 1.89 bits per heavy atom. The van der Waals surface area contributed by atoms with Crippen molar-refractivity contribution in [3.8, 4) is 17.2 Å². The number of nitrogens with zero attached hydrogens (tertiary/aromatic N) is 2. The van der Waals surface area contributed by atoms with Crippen LogP contribution in [0.15, 0.2) is 64.2 Å². The lowest BCUT2D eigenvalue weighted by Crippen LogP contribution is -1.98. The molecule has 144 valence electrons. The van der Waals surface area contributed by atoms with Crippen molar-refractivity contribution in [2.45, 2.75) is 26.6 Å². The van der Waals surface area contributed by atoms with Crippen molar-refractivity contribution in [2.24, 2.45) is 5.16 Å². The summed E-state index contributed by atoms with van der Waals surface area (Å²) in [5.74, 6) is 1.05. The third-order valence-electron chi connectivity index (χ3n) is 3.86. The first kappa shape index (κ1) is 19.2. The highest BCUT2D eigenvalue weighted by atomic mass is 16.6. The minimum atomic E-state index is -0.952. The van der Waals surface area contributed by atoms with Gasteiger partial charge >= 0.3 is 5.97 Å². The second-order valence-electron chi connectivity index (χ2n) is 5.98. The number of carboxylic acids is 1. The van der Waals surface area contributed by atoms with E-state index in [1.165, 1.54) is 6.21 Å². The first-order valence-corrected chi connectivity index (χ1v) is 8.71. The largest absolute Gasteiger partial charge is 0.487 e. The number of carboxylic acid groups (broad SMARTS) is 1. The molecule has 0 radical (unpaired) electrons. The molecule has 3 rings (SSSR count). The Labute approximate surface area is 162 Å². The molecule has 0 saturated carbocycles. The molecule has 0 fully saturated rings. The highest BCUT2D eigenvalue weighted by molar-refractivity contribution is 5.84. The Morgan fingerprint density at radius 3 is 2.61 bits per heavy atom. The molecule has 1 aromatic heterocycles. The van der Waals surface area contributed by atoms with Gasteiger partial charge in [0.25, 0.3) is 0 Å². The van der Waals surface area contributed by atoms with Gasteiger partial charge in [-0.3, -0.25) is 4.79 Å². The number of aliphatic carboxylic acids is 1. The predicted octanol–water partition coefficient (Wildman–Crippen LogP) is 4.21. The number of rotatable bonds is 9. The summed E-state index contributed by atoms with van der Waals surface area (Å²) < 4.78 is 11.5. The fraction of sp³-hybridized carbons (Fsp3) is 0.190. The molecule has 1 heterocycles. The van der Waals surface area contributed by atoms with Gasteiger partial charge in [-0.05, 0) is 36.8 Å². The third-order valence-corrected chi connectivity index (χ3v) is 3.86. The highest BCUT2D eigenvalue weighted by Crippen LogP contribution is 2.22. The number of aryl methyl sites for hydroxylation is 1. The van der Waals surface area contributed by atoms with Gasteiger partial charge < -0.3 is 19.1 Å². The summed E-state index contributed by atoms with van der Waals surface area (Å²) in [6, 6.07) is 17.1. The molecule has 7 nitrogen and oxygen atoms in total. The summed E-state index contributed by atoms with van der Waals surface area (Å²) in [4.78, 5) is 19.9. The summed E-state index contributed by atoms with van der Waals surface area (Å²) in [6.45, 7) is 2.42. The van der Waals surface area contributed by atoms with Gasteiger partial charge in [0.05, 0.1) is 12.6 Å². The van der Waals surface area contributed by atoms with E-state index in [1.807, 2.05) is 61.5 Å². The summed E-state index contributed by atoms with van der Waals surface area (Å²) in [5, 5.41) is 12.1. The zero-order valence-electron chi connectivity index (χ0n) is 15.4. The lowest BCUT2D eigenvalue weighted by Gasteiger charge is -2.05. The third kappa shape index (κ3) is 5.44. The summed E-state index contributed by atoms with van der Waals surface area (Å²) in [7, 11) is 0. The van der Waals surface area contributed by atoms with Gasteiger partial charge in [0, 0.05) is 5.56 Å². The molecule has 0 bridgehead atoms. The standard InChI is InChI=1S/C21H20N2O5/c1-15-19(23-21(28-15)17-5-3-2-4-6-17)14-26-18-9-7-16(8-10-18)13-27-22-12-11-20(24)25/h2-10,12H,11,13-14H2,1H3,(H,24,25)/b22-12+. The SMILES string of the molecule is Cc1oc(-c2ccccc2)nc1COc1ccc(CO/N=C/CC(=O)O)cc1. The number of benzene rings is 2. The van der Waals surface area contributed by atoms with Crippen molar-refractivity contribution in [3.63, 3.8) is 0 Å². The summed E-state index contributed by atoms with van der Waals surface area (Å²) in [5.41, 5.74) is 2.56. The van der Waals surface area contributed by atoms with Crippen LogP contribution < -0.4 is 4.74 Å². The number of carbonyl (C=O) groups is 1. The molecule has 0 saturated heterocycles. The summed E-state index contributed by atoms with van der Waals surface area (Å²) >= 11 is 0. The van der Waals surface area contributed by atoms with E-state index in [9.17, 15) is 4.79 Å². The maximum atomic E-state index is 10.4. The predicted molar refractivity (Wildman–Crippen MR) is 103 cm³/mol. The molecule has 0 aliphatic carbocycles. The van der Waals surface area contributed by atoms with Gasteiger partial charge in [-0.15, -0.1) is 0 Å². The van der Waals surface area contributed by atoms with Crippen molar-refractivity contribution in [3.05, 3.63) is 71.6 Å². The van der Waals surface area contributed by atoms with Crippen molar-refractivity contribution in [1.82, 2.24) is 4.98 Å². The van der Waals surface area contributed by atoms with E-state index in [-0.39, 0.29) is 13.0 Å². The van der Waals surface area contributed by atoms with Crippen LogP contribution in [0.5, 0.6) is 5.75 Å². The minimum absolute atomic E-state index is 0.166. The minimum Gasteiger partial charge on any atom is -0.487 e. The number of hydrogen-bond acceptors (Lipinski definition) is 6. The number of oxazole rings is 1. The number of ether oxygens (including phenoxy) is 1. The molecule has 0 spiro atoms. The topological polar surface area (TPSA) is 94.2 Å². The summed E-state index contributed by atoms with van der Waals surface area (Å²) in [6.07, 6.45) is 1.05. The van der Waals surface area contributed by atoms with Crippen molar-refractivity contribution in [2.75, 3.05) is 0 Å². The lowest BCUT2D eigenvalue weighted by atomic mass is 10.2. The normalized spacial score (nSPS) is 10.9. The highest BCUT2D eigenvalue weighted by Gasteiger charge is 2.11. The molecule has 28 heavy (non-hydrogen) atoms. The molecule has 0 unspecified atom stereocenters. The van der Waals surface area contributed by atoms with Crippen LogP contribution in [-0.4, -0.2) is 22.3 Å². The molecule has 7 heteroatoms. The molecule has 0 aliphatic heterocycles. The van der Waals surface area contributed by atoms with Gasteiger partial charge in [-0.2, -0.15) is 0 Å². The van der Waals surface area contributed by atoms with E-state index in [2.05, 4.69) is 10.1 Å². The van der Waals surface area contributed by atoms with E-state index < -0.39 is 5.97 Å². The molecule has 2 aromatic carbocycles. The Hall–Kier alpha value is -3.61. The van der Waals surface area contributed by atoms with Crippen LogP contribution >= 0.6 is 0 Å². The molecule has 0 aliphatic rings. The molecule has 0 amide bonds. The monoisotopic (exact) mass is 380 g/mol. The Bertz CT molecular complexity index is 933. The van der Waals surface area contributed by atoms with E-state index in [1.54, 1.807) is 0 Å². The van der Waals surface area contributed by atoms with Gasteiger partial charge in [0.15, 0.2) is 0 Å². The van der Waals surface area contributed by atoms with Gasteiger partial charge in [-0.1, -0.05) is 35.5 Å². The van der Waals surface area contributed by atoms with E-state index in [4.69, 9.17) is 19.1 Å². The number of oxime groups is 1. The molecule has 1 N–H and O–H groups in total. The van der Waals surface area contributed by atoms with E-state index in [0.717, 1.165) is 22.6 Å². The maximum Gasteiger partial charge on any atom is 0.308 e. The average molecular weight is 380 g/mol. The maximum absolute atomic E-state index is 10.4. The lowest BCUT2D eigenvalue weighted by molar-refractivity contribution is -0.135.